The molecule has 0 saturated carbocycles. The maximum absolute atomic E-state index is 13.2. The number of nitrogens with one attached hydrogen (secondary N) is 2. The molecule has 2 aromatic heterocycles. The quantitative estimate of drug-likeness (QED) is 0.278. The van der Waals surface area contributed by atoms with Crippen molar-refractivity contribution in [3.63, 3.8) is 0 Å². The van der Waals surface area contributed by atoms with Crippen molar-refractivity contribution in [1.82, 2.24) is 30.1 Å². The predicted molar refractivity (Wildman–Crippen MR) is 169 cm³/mol. The molecule has 46 heavy (non-hydrogen) atoms. The van der Waals surface area contributed by atoms with Crippen LogP contribution in [-0.4, -0.2) is 113 Å². The zero-order valence-corrected chi connectivity index (χ0v) is 26.6. The van der Waals surface area contributed by atoms with Crippen LogP contribution in [0.2, 0.25) is 0 Å². The first-order valence-electron chi connectivity index (χ1n) is 15.8. The molecule has 0 unspecified atom stereocenters. The molecule has 246 valence electrons. The highest BCUT2D eigenvalue weighted by molar-refractivity contribution is 5.93. The van der Waals surface area contributed by atoms with Crippen LogP contribution >= 0.6 is 0 Å². The largest absolute Gasteiger partial charge is 0.485 e. The van der Waals surface area contributed by atoms with E-state index in [0.29, 0.717) is 70.9 Å². The van der Waals surface area contributed by atoms with E-state index in [1.165, 1.54) is 17.5 Å². The number of carbonyl (C=O) groups excluding carboxylic acids is 2. The summed E-state index contributed by atoms with van der Waals surface area (Å²) < 4.78 is 16.7. The van der Waals surface area contributed by atoms with E-state index in [1.54, 1.807) is 17.9 Å². The number of anilines is 2. The van der Waals surface area contributed by atoms with Gasteiger partial charge in [-0.25, -0.2) is 9.97 Å². The fourth-order valence-electron chi connectivity index (χ4n) is 5.98. The number of hydrogen-bond donors (Lipinski definition) is 3. The van der Waals surface area contributed by atoms with Crippen molar-refractivity contribution in [3.8, 4) is 5.75 Å². The highest BCUT2D eigenvalue weighted by Crippen LogP contribution is 2.30. The summed E-state index contributed by atoms with van der Waals surface area (Å²) in [7, 11) is 0. The molecule has 0 spiro atoms. The van der Waals surface area contributed by atoms with E-state index in [4.69, 9.17) is 13.9 Å². The molecule has 3 aliphatic heterocycles. The molecule has 3 N–H and O–H groups in total. The number of aromatic nitrogens is 3. The van der Waals surface area contributed by atoms with Gasteiger partial charge in [-0.2, -0.15) is 4.98 Å². The lowest BCUT2D eigenvalue weighted by Crippen LogP contribution is -2.49. The number of amides is 2. The average molecular weight is 635 g/mol. The Hall–Kier alpha value is -4.27. The standard InChI is InChI=1S/C32H42N8O6/c1-20-26-6-7-38(14-23(26)4-5-28(20)45-18-29-21(2)34-19-46-29)15-25(42)13-33-31(43)27-12-30(35-24-16-44-17-24)37-32(36-27)40-10-8-39(9-11-40)22(3)41/h4-5,12,19,24-25,42H,6-11,13-18H2,1-3H3,(H,33,43)(H,35,36,37)/t25-/m0/s1. The van der Waals surface area contributed by atoms with Gasteiger partial charge in [0.2, 0.25) is 11.9 Å². The third-order valence-electron chi connectivity index (χ3n) is 8.83. The normalized spacial score (nSPS) is 17.7. The Bertz CT molecular complexity index is 1550. The van der Waals surface area contributed by atoms with Gasteiger partial charge in [-0.1, -0.05) is 6.07 Å². The summed E-state index contributed by atoms with van der Waals surface area (Å²) in [5.74, 6) is 2.18. The number of benzene rings is 1. The van der Waals surface area contributed by atoms with Gasteiger partial charge < -0.3 is 39.4 Å². The van der Waals surface area contributed by atoms with E-state index in [1.807, 2.05) is 17.9 Å². The fraction of sp³-hybridized carbons (Fsp3) is 0.531. The molecule has 3 aromatic rings. The Balaban J connectivity index is 1.03. The smallest absolute Gasteiger partial charge is 0.270 e. The van der Waals surface area contributed by atoms with Gasteiger partial charge in [0.05, 0.1) is 31.1 Å². The molecular formula is C32H42N8O6. The number of fused-ring (bicyclic) bond motifs is 1. The molecule has 0 bridgehead atoms. The Morgan fingerprint density at radius 3 is 2.63 bits per heavy atom. The number of aliphatic hydroxyl groups excluding tert-OH is 1. The summed E-state index contributed by atoms with van der Waals surface area (Å²) in [6, 6.07) is 5.82. The first-order valence-corrected chi connectivity index (χ1v) is 15.8. The minimum atomic E-state index is -0.759. The van der Waals surface area contributed by atoms with Crippen LogP contribution in [0, 0.1) is 13.8 Å². The second kappa shape index (κ2) is 14.0. The lowest BCUT2D eigenvalue weighted by atomic mass is 9.94. The molecule has 2 fully saturated rings. The van der Waals surface area contributed by atoms with Crippen molar-refractivity contribution in [1.29, 1.82) is 0 Å². The van der Waals surface area contributed by atoms with E-state index >= 15 is 0 Å². The molecule has 6 rings (SSSR count). The molecule has 3 aliphatic rings. The maximum Gasteiger partial charge on any atom is 0.270 e. The number of aryl methyl sites for hydroxylation is 1. The predicted octanol–water partition coefficient (Wildman–Crippen LogP) is 1.29. The van der Waals surface area contributed by atoms with E-state index in [9.17, 15) is 14.7 Å². The summed E-state index contributed by atoms with van der Waals surface area (Å²) in [5.41, 5.74) is 4.63. The van der Waals surface area contributed by atoms with Crippen molar-refractivity contribution in [2.75, 3.05) is 69.2 Å². The van der Waals surface area contributed by atoms with Crippen molar-refractivity contribution in [2.24, 2.45) is 0 Å². The lowest BCUT2D eigenvalue weighted by molar-refractivity contribution is -0.129. The van der Waals surface area contributed by atoms with E-state index in [2.05, 4.69) is 43.5 Å². The van der Waals surface area contributed by atoms with Crippen LogP contribution < -0.4 is 20.3 Å². The van der Waals surface area contributed by atoms with Crippen LogP contribution in [0.25, 0.3) is 0 Å². The van der Waals surface area contributed by atoms with Crippen LogP contribution in [0.4, 0.5) is 11.8 Å². The first kappa shape index (κ1) is 31.7. The second-order valence-corrected chi connectivity index (χ2v) is 12.1. The topological polar surface area (TPSA) is 158 Å². The highest BCUT2D eigenvalue weighted by Gasteiger charge is 2.26. The third kappa shape index (κ3) is 7.40. The van der Waals surface area contributed by atoms with Gasteiger partial charge in [0.1, 0.15) is 23.9 Å². The first-order chi connectivity index (χ1) is 22.2. The Kier molecular flexibility index (Phi) is 9.66. The van der Waals surface area contributed by atoms with Gasteiger partial charge in [0, 0.05) is 65.3 Å². The van der Waals surface area contributed by atoms with Gasteiger partial charge in [-0.3, -0.25) is 14.5 Å². The number of oxazole rings is 1. The number of carbonyl (C=O) groups is 2. The molecule has 0 aliphatic carbocycles. The van der Waals surface area contributed by atoms with Crippen LogP contribution in [0.3, 0.4) is 0 Å². The SMILES string of the molecule is CC(=O)N1CCN(c2nc(NC3COC3)cc(C(=O)NC[C@H](O)CN3CCc4c(ccc(OCc5ocnc5C)c4C)C3)n2)CC1. The Morgan fingerprint density at radius 2 is 1.93 bits per heavy atom. The summed E-state index contributed by atoms with van der Waals surface area (Å²) in [6.07, 6.45) is 1.51. The highest BCUT2D eigenvalue weighted by atomic mass is 16.5. The Labute approximate surface area is 268 Å². The summed E-state index contributed by atoms with van der Waals surface area (Å²) in [4.78, 5) is 44.3. The molecule has 2 saturated heterocycles. The van der Waals surface area contributed by atoms with Crippen LogP contribution in [-0.2, 0) is 29.1 Å². The van der Waals surface area contributed by atoms with Gasteiger partial charge in [0.25, 0.3) is 5.91 Å². The van der Waals surface area contributed by atoms with Gasteiger partial charge in [-0.15, -0.1) is 0 Å². The number of aliphatic hydroxyl groups is 1. The van der Waals surface area contributed by atoms with E-state index < -0.39 is 6.10 Å². The third-order valence-corrected chi connectivity index (χ3v) is 8.83. The molecular weight excluding hydrogens is 592 g/mol. The zero-order valence-electron chi connectivity index (χ0n) is 26.6. The van der Waals surface area contributed by atoms with Gasteiger partial charge in [-0.05, 0) is 43.0 Å². The lowest BCUT2D eigenvalue weighted by Gasteiger charge is -2.34. The van der Waals surface area contributed by atoms with Crippen molar-refractivity contribution in [3.05, 3.63) is 58.4 Å². The number of hydrogen-bond acceptors (Lipinski definition) is 12. The van der Waals surface area contributed by atoms with E-state index in [0.717, 1.165) is 35.7 Å². The van der Waals surface area contributed by atoms with Gasteiger partial charge >= 0.3 is 0 Å². The van der Waals surface area contributed by atoms with E-state index in [-0.39, 0.29) is 30.1 Å². The van der Waals surface area contributed by atoms with Crippen LogP contribution in [0.15, 0.2) is 29.0 Å². The molecule has 5 heterocycles. The number of β-amino-alcohol motifs (C(OH)–C–C–N with tert-alkyl or cyclic N) is 1. The Morgan fingerprint density at radius 1 is 1.13 bits per heavy atom. The number of nitrogens with zero attached hydrogens (tertiary/aromatic N) is 6. The second-order valence-electron chi connectivity index (χ2n) is 12.1. The molecule has 0 radical (unpaired) electrons. The minimum Gasteiger partial charge on any atom is -0.485 e. The fourth-order valence-corrected chi connectivity index (χ4v) is 5.98. The minimum absolute atomic E-state index is 0.0393. The molecule has 1 atom stereocenters. The number of rotatable bonds is 11. The van der Waals surface area contributed by atoms with Crippen LogP contribution in [0.5, 0.6) is 5.75 Å². The summed E-state index contributed by atoms with van der Waals surface area (Å²) in [5, 5.41) is 17.0. The molecule has 14 nitrogen and oxygen atoms in total. The summed E-state index contributed by atoms with van der Waals surface area (Å²) in [6.45, 7) is 11.3. The van der Waals surface area contributed by atoms with Crippen molar-refractivity contribution >= 4 is 23.6 Å². The van der Waals surface area contributed by atoms with Crippen molar-refractivity contribution < 1.29 is 28.6 Å². The molecule has 2 amide bonds. The van der Waals surface area contributed by atoms with Crippen LogP contribution in [0.1, 0.15) is 45.6 Å². The number of ether oxygens (including phenoxy) is 2. The summed E-state index contributed by atoms with van der Waals surface area (Å²) >= 11 is 0. The number of piperazine rings is 1. The van der Waals surface area contributed by atoms with Gasteiger partial charge in [0.15, 0.2) is 12.2 Å². The molecule has 1 aromatic carbocycles. The maximum atomic E-state index is 13.2. The zero-order chi connectivity index (χ0) is 32.2. The van der Waals surface area contributed by atoms with Crippen molar-refractivity contribution in [2.45, 2.75) is 52.5 Å². The average Bonchev–Trinajstić information content (AvgIpc) is 3.45. The monoisotopic (exact) mass is 634 g/mol. The molecule has 14 heteroatoms.